The highest BCUT2D eigenvalue weighted by atomic mass is 32.2. The number of hydrogen-bond donors (Lipinski definition) is 2. The minimum atomic E-state index is -0.115. The van der Waals surface area contributed by atoms with Crippen molar-refractivity contribution in [2.24, 2.45) is 0 Å². The molecule has 1 aliphatic carbocycles. The number of carbonyl (C=O) groups excluding carboxylic acids is 1. The van der Waals surface area contributed by atoms with E-state index in [0.29, 0.717) is 29.6 Å². The Morgan fingerprint density at radius 1 is 1.36 bits per heavy atom. The number of ether oxygens (including phenoxy) is 1. The van der Waals surface area contributed by atoms with Crippen LogP contribution in [0.1, 0.15) is 29.6 Å². The summed E-state index contributed by atoms with van der Waals surface area (Å²) >= 11 is 3.05. The number of H-pyrrole nitrogens is 1. The molecule has 0 atom stereocenters. The molecule has 2 N–H and O–H groups in total. The molecule has 0 fully saturated rings. The zero-order valence-electron chi connectivity index (χ0n) is 15.5. The van der Waals surface area contributed by atoms with E-state index in [0.717, 1.165) is 29.5 Å². The summed E-state index contributed by atoms with van der Waals surface area (Å²) in [5.74, 6) is 1.91. The molecule has 2 heterocycles. The van der Waals surface area contributed by atoms with E-state index in [1.165, 1.54) is 22.2 Å². The lowest BCUT2D eigenvalue weighted by atomic mass is 10.2. The number of anilines is 1. The molecule has 4 rings (SSSR count). The third-order valence-electron chi connectivity index (χ3n) is 4.56. The first-order chi connectivity index (χ1) is 13.7. The summed E-state index contributed by atoms with van der Waals surface area (Å²) in [6.45, 7) is 2.44. The number of fused-ring (bicyclic) bond motifs is 3. The molecule has 28 heavy (non-hydrogen) atoms. The molecule has 1 amide bonds. The van der Waals surface area contributed by atoms with E-state index in [9.17, 15) is 9.59 Å². The fourth-order valence-corrected chi connectivity index (χ4v) is 5.36. The number of aromatic amines is 1. The monoisotopic (exact) mass is 415 g/mol. The third-order valence-corrected chi connectivity index (χ3v) is 6.69. The summed E-state index contributed by atoms with van der Waals surface area (Å²) in [6, 6.07) is 7.37. The Labute approximate surface area is 170 Å². The Balaban J connectivity index is 1.38. The summed E-state index contributed by atoms with van der Waals surface area (Å²) in [5, 5.41) is 3.63. The Morgan fingerprint density at radius 3 is 3.07 bits per heavy atom. The number of para-hydroxylation sites is 2. The van der Waals surface area contributed by atoms with Gasteiger partial charge in [0.05, 0.1) is 29.2 Å². The van der Waals surface area contributed by atoms with Gasteiger partial charge in [0, 0.05) is 4.88 Å². The zero-order chi connectivity index (χ0) is 19.5. The molecule has 0 spiro atoms. The molecule has 146 valence electrons. The van der Waals surface area contributed by atoms with E-state index in [1.807, 2.05) is 31.2 Å². The van der Waals surface area contributed by atoms with Gasteiger partial charge in [-0.3, -0.25) is 9.59 Å². The molecule has 8 heteroatoms. The van der Waals surface area contributed by atoms with E-state index in [2.05, 4.69) is 15.3 Å². The van der Waals surface area contributed by atoms with Crippen LogP contribution in [0.25, 0.3) is 10.2 Å². The van der Waals surface area contributed by atoms with Crippen LogP contribution in [0.5, 0.6) is 5.75 Å². The highest BCUT2D eigenvalue weighted by Gasteiger charge is 2.21. The molecule has 1 aliphatic rings. The zero-order valence-corrected chi connectivity index (χ0v) is 17.2. The van der Waals surface area contributed by atoms with Crippen LogP contribution in [-0.2, 0) is 23.4 Å². The van der Waals surface area contributed by atoms with Crippen LogP contribution < -0.4 is 15.6 Å². The molecular formula is C20H21N3O3S2. The quantitative estimate of drug-likeness (QED) is 0.614. The van der Waals surface area contributed by atoms with Gasteiger partial charge >= 0.3 is 0 Å². The summed E-state index contributed by atoms with van der Waals surface area (Å²) in [4.78, 5) is 34.3. The molecule has 1 aromatic carbocycles. The molecule has 0 radical (unpaired) electrons. The number of amides is 1. The molecular weight excluding hydrogens is 394 g/mol. The van der Waals surface area contributed by atoms with E-state index < -0.39 is 0 Å². The van der Waals surface area contributed by atoms with Crippen molar-refractivity contribution in [2.45, 2.75) is 31.9 Å². The van der Waals surface area contributed by atoms with E-state index >= 15 is 0 Å². The smallest absolute Gasteiger partial charge is 0.259 e. The van der Waals surface area contributed by atoms with Crippen molar-refractivity contribution in [1.29, 1.82) is 0 Å². The van der Waals surface area contributed by atoms with Crippen LogP contribution in [0, 0.1) is 0 Å². The molecule has 0 saturated heterocycles. The first kappa shape index (κ1) is 19.0. The lowest BCUT2D eigenvalue weighted by Gasteiger charge is -2.11. The maximum Gasteiger partial charge on any atom is 0.259 e. The second kappa shape index (κ2) is 8.36. The average molecular weight is 416 g/mol. The topological polar surface area (TPSA) is 84.1 Å². The summed E-state index contributed by atoms with van der Waals surface area (Å²) < 4.78 is 5.52. The number of benzene rings is 1. The SMILES string of the molecule is CCOc1ccccc1NC(=O)CSCc1nc2sc3c(c2c(=O)[nH]1)CCC3. The van der Waals surface area contributed by atoms with Crippen LogP contribution in [0.15, 0.2) is 29.1 Å². The number of rotatable bonds is 7. The van der Waals surface area contributed by atoms with Crippen LogP contribution in [-0.4, -0.2) is 28.2 Å². The first-order valence-corrected chi connectivity index (χ1v) is 11.3. The van der Waals surface area contributed by atoms with Crippen LogP contribution >= 0.6 is 23.1 Å². The number of nitrogens with zero attached hydrogens (tertiary/aromatic N) is 1. The van der Waals surface area contributed by atoms with Gasteiger partial charge in [-0.2, -0.15) is 0 Å². The van der Waals surface area contributed by atoms with Gasteiger partial charge in [0.15, 0.2) is 0 Å². The Bertz CT molecular complexity index is 1070. The second-order valence-electron chi connectivity index (χ2n) is 6.52. The Kier molecular flexibility index (Phi) is 5.68. The third kappa shape index (κ3) is 3.93. The average Bonchev–Trinajstić information content (AvgIpc) is 3.24. The molecule has 0 saturated carbocycles. The predicted octanol–water partition coefficient (Wildman–Crippen LogP) is 3.74. The predicted molar refractivity (Wildman–Crippen MR) is 115 cm³/mol. The lowest BCUT2D eigenvalue weighted by molar-refractivity contribution is -0.113. The number of carbonyl (C=O) groups is 1. The molecule has 3 aromatic rings. The standard InChI is InChI=1S/C20H21N3O3S2/c1-2-26-14-8-4-3-7-13(14)21-17(24)11-27-10-16-22-19(25)18-12-6-5-9-15(12)28-20(18)23-16/h3-4,7-8H,2,5-6,9-11H2,1H3,(H,21,24)(H,22,23,25). The van der Waals surface area contributed by atoms with Crippen molar-refractivity contribution >= 4 is 44.9 Å². The molecule has 0 bridgehead atoms. The second-order valence-corrected chi connectivity index (χ2v) is 8.59. The van der Waals surface area contributed by atoms with Crippen LogP contribution in [0.4, 0.5) is 5.69 Å². The number of hydrogen-bond acceptors (Lipinski definition) is 6. The number of thioether (sulfide) groups is 1. The van der Waals surface area contributed by atoms with Gasteiger partial charge in [-0.1, -0.05) is 12.1 Å². The van der Waals surface area contributed by atoms with Gasteiger partial charge in [-0.05, 0) is 43.9 Å². The van der Waals surface area contributed by atoms with Crippen molar-refractivity contribution in [3.63, 3.8) is 0 Å². The Morgan fingerprint density at radius 2 is 2.21 bits per heavy atom. The van der Waals surface area contributed by atoms with E-state index in [-0.39, 0.29) is 17.2 Å². The Hall–Kier alpha value is -2.32. The summed E-state index contributed by atoms with van der Waals surface area (Å²) in [6.07, 6.45) is 3.14. The van der Waals surface area contributed by atoms with E-state index in [1.54, 1.807) is 11.3 Å². The number of aryl methyl sites for hydroxylation is 2. The fraction of sp³-hybridized carbons (Fsp3) is 0.350. The molecule has 6 nitrogen and oxygen atoms in total. The van der Waals surface area contributed by atoms with Gasteiger partial charge in [-0.15, -0.1) is 23.1 Å². The number of thiophene rings is 1. The summed E-state index contributed by atoms with van der Waals surface area (Å²) in [7, 11) is 0. The van der Waals surface area contributed by atoms with Crippen molar-refractivity contribution < 1.29 is 9.53 Å². The van der Waals surface area contributed by atoms with Crippen LogP contribution in [0.2, 0.25) is 0 Å². The number of nitrogens with one attached hydrogen (secondary N) is 2. The minimum Gasteiger partial charge on any atom is -0.492 e. The van der Waals surface area contributed by atoms with Crippen molar-refractivity contribution in [3.8, 4) is 5.75 Å². The molecule has 0 unspecified atom stereocenters. The van der Waals surface area contributed by atoms with Gasteiger partial charge < -0.3 is 15.0 Å². The molecule has 2 aromatic heterocycles. The molecule has 0 aliphatic heterocycles. The maximum absolute atomic E-state index is 12.5. The van der Waals surface area contributed by atoms with Gasteiger partial charge in [0.2, 0.25) is 5.91 Å². The lowest BCUT2D eigenvalue weighted by Crippen LogP contribution is -2.16. The number of aromatic nitrogens is 2. The first-order valence-electron chi connectivity index (χ1n) is 9.28. The van der Waals surface area contributed by atoms with E-state index in [4.69, 9.17) is 4.74 Å². The van der Waals surface area contributed by atoms with Crippen molar-refractivity contribution in [3.05, 3.63) is 50.9 Å². The maximum atomic E-state index is 12.5. The summed E-state index contributed by atoms with van der Waals surface area (Å²) in [5.41, 5.74) is 1.78. The highest BCUT2D eigenvalue weighted by Crippen LogP contribution is 2.34. The fourth-order valence-electron chi connectivity index (χ4n) is 3.39. The van der Waals surface area contributed by atoms with Crippen molar-refractivity contribution in [2.75, 3.05) is 17.7 Å². The minimum absolute atomic E-state index is 0.0601. The van der Waals surface area contributed by atoms with Gasteiger partial charge in [0.1, 0.15) is 16.4 Å². The highest BCUT2D eigenvalue weighted by molar-refractivity contribution is 7.99. The van der Waals surface area contributed by atoms with Gasteiger partial charge in [-0.25, -0.2) is 4.98 Å². The largest absolute Gasteiger partial charge is 0.492 e. The normalized spacial score (nSPS) is 12.9. The van der Waals surface area contributed by atoms with Crippen molar-refractivity contribution in [1.82, 2.24) is 9.97 Å². The van der Waals surface area contributed by atoms with Crippen LogP contribution in [0.3, 0.4) is 0 Å². The van der Waals surface area contributed by atoms with Gasteiger partial charge in [0.25, 0.3) is 5.56 Å².